The molecule has 1 heterocycles. The van der Waals surface area contributed by atoms with Crippen molar-refractivity contribution in [1.82, 2.24) is 10.2 Å². The molecule has 1 unspecified atom stereocenters. The number of rotatable bonds is 4. The summed E-state index contributed by atoms with van der Waals surface area (Å²) in [6.45, 7) is 2.68. The van der Waals surface area contributed by atoms with E-state index in [0.717, 1.165) is 12.6 Å². The maximum absolute atomic E-state index is 13.0. The van der Waals surface area contributed by atoms with Crippen LogP contribution in [0.4, 0.5) is 17.6 Å². The second kappa shape index (κ2) is 6.72. The fourth-order valence-corrected chi connectivity index (χ4v) is 2.39. The third-order valence-electron chi connectivity index (χ3n) is 3.34. The zero-order chi connectivity index (χ0) is 15.5. The summed E-state index contributed by atoms with van der Waals surface area (Å²) >= 11 is 0. The Morgan fingerprint density at radius 1 is 1.38 bits per heavy atom. The summed E-state index contributed by atoms with van der Waals surface area (Å²) < 4.78 is 57.3. The van der Waals surface area contributed by atoms with Crippen LogP contribution < -0.4 is 5.32 Å². The van der Waals surface area contributed by atoms with Crippen LogP contribution in [0.3, 0.4) is 0 Å². The van der Waals surface area contributed by atoms with Gasteiger partial charge in [-0.2, -0.15) is 13.2 Å². The Morgan fingerprint density at radius 2 is 2.14 bits per heavy atom. The van der Waals surface area contributed by atoms with E-state index in [4.69, 9.17) is 4.74 Å². The molecule has 118 valence electrons. The Morgan fingerprint density at radius 3 is 2.76 bits per heavy atom. The van der Waals surface area contributed by atoms with Gasteiger partial charge >= 0.3 is 6.18 Å². The zero-order valence-corrected chi connectivity index (χ0v) is 11.7. The highest BCUT2D eigenvalue weighted by molar-refractivity contribution is 5.30. The van der Waals surface area contributed by atoms with Crippen molar-refractivity contribution in [1.29, 1.82) is 0 Å². The predicted octanol–water partition coefficient (Wildman–Crippen LogP) is 2.26. The van der Waals surface area contributed by atoms with Gasteiger partial charge in [0.15, 0.2) is 0 Å². The number of halogens is 4. The fraction of sp³-hybridized carbons (Fsp3) is 0.571. The van der Waals surface area contributed by atoms with Crippen molar-refractivity contribution in [3.63, 3.8) is 0 Å². The van der Waals surface area contributed by atoms with Gasteiger partial charge in [0.05, 0.1) is 18.3 Å². The van der Waals surface area contributed by atoms with Gasteiger partial charge in [-0.15, -0.1) is 0 Å². The molecule has 0 amide bonds. The van der Waals surface area contributed by atoms with Crippen LogP contribution in [0.5, 0.6) is 0 Å². The van der Waals surface area contributed by atoms with E-state index in [0.29, 0.717) is 25.8 Å². The Hall–Kier alpha value is -1.18. The van der Waals surface area contributed by atoms with E-state index in [2.05, 4.69) is 5.32 Å². The number of hydrogen-bond acceptors (Lipinski definition) is 3. The Labute approximate surface area is 120 Å². The van der Waals surface area contributed by atoms with Gasteiger partial charge in [0.1, 0.15) is 5.82 Å². The van der Waals surface area contributed by atoms with Crippen molar-refractivity contribution in [2.24, 2.45) is 0 Å². The van der Waals surface area contributed by atoms with E-state index in [1.165, 1.54) is 6.07 Å². The number of alkyl halides is 3. The SMILES string of the molecule is CN(Cc1ccc(F)cc1C(F)(F)F)CC1CNCCO1. The van der Waals surface area contributed by atoms with E-state index < -0.39 is 17.6 Å². The first-order valence-corrected chi connectivity index (χ1v) is 6.73. The molecule has 3 nitrogen and oxygen atoms in total. The van der Waals surface area contributed by atoms with Crippen LogP contribution >= 0.6 is 0 Å². The molecule has 1 aliphatic heterocycles. The monoisotopic (exact) mass is 306 g/mol. The second-order valence-electron chi connectivity index (χ2n) is 5.19. The number of benzene rings is 1. The molecule has 1 atom stereocenters. The third kappa shape index (κ3) is 4.66. The molecule has 0 aromatic heterocycles. The van der Waals surface area contributed by atoms with Crippen molar-refractivity contribution in [2.75, 3.05) is 33.3 Å². The van der Waals surface area contributed by atoms with Crippen molar-refractivity contribution >= 4 is 0 Å². The zero-order valence-electron chi connectivity index (χ0n) is 11.7. The highest BCUT2D eigenvalue weighted by Crippen LogP contribution is 2.33. The molecule has 1 N–H and O–H groups in total. The Bertz CT molecular complexity index is 473. The van der Waals surface area contributed by atoms with Gasteiger partial charge in [-0.05, 0) is 24.7 Å². The Balaban J connectivity index is 2.04. The number of nitrogens with one attached hydrogen (secondary N) is 1. The molecule has 7 heteroatoms. The average Bonchev–Trinajstić information content (AvgIpc) is 2.40. The lowest BCUT2D eigenvalue weighted by atomic mass is 10.1. The summed E-state index contributed by atoms with van der Waals surface area (Å²) in [5.74, 6) is -0.881. The molecule has 1 aliphatic rings. The summed E-state index contributed by atoms with van der Waals surface area (Å²) in [6.07, 6.45) is -4.60. The first-order valence-electron chi connectivity index (χ1n) is 6.73. The lowest BCUT2D eigenvalue weighted by Crippen LogP contribution is -2.44. The van der Waals surface area contributed by atoms with Gasteiger partial charge < -0.3 is 10.1 Å². The lowest BCUT2D eigenvalue weighted by molar-refractivity contribution is -0.138. The quantitative estimate of drug-likeness (QED) is 0.864. The molecular weight excluding hydrogens is 288 g/mol. The van der Waals surface area contributed by atoms with Crippen LogP contribution in [0.15, 0.2) is 18.2 Å². The summed E-state index contributed by atoms with van der Waals surface area (Å²) in [4.78, 5) is 1.75. The summed E-state index contributed by atoms with van der Waals surface area (Å²) in [5, 5.41) is 3.17. The van der Waals surface area contributed by atoms with Gasteiger partial charge in [0.2, 0.25) is 0 Å². The molecule has 1 fully saturated rings. The van der Waals surface area contributed by atoms with E-state index in [-0.39, 0.29) is 18.2 Å². The highest BCUT2D eigenvalue weighted by Gasteiger charge is 2.34. The van der Waals surface area contributed by atoms with Crippen molar-refractivity contribution in [3.05, 3.63) is 35.1 Å². The van der Waals surface area contributed by atoms with Gasteiger partial charge in [-0.3, -0.25) is 4.90 Å². The van der Waals surface area contributed by atoms with Gasteiger partial charge in [0, 0.05) is 26.2 Å². The summed E-state index contributed by atoms with van der Waals surface area (Å²) in [7, 11) is 1.72. The van der Waals surface area contributed by atoms with E-state index in [9.17, 15) is 17.6 Å². The average molecular weight is 306 g/mol. The first kappa shape index (κ1) is 16.2. The van der Waals surface area contributed by atoms with E-state index in [1.807, 2.05) is 0 Å². The second-order valence-corrected chi connectivity index (χ2v) is 5.19. The number of likely N-dealkylation sites (N-methyl/N-ethyl adjacent to an activating group) is 1. The molecule has 2 rings (SSSR count). The summed E-state index contributed by atoms with van der Waals surface area (Å²) in [5.41, 5.74) is -0.854. The molecular formula is C14H18F4N2O. The number of hydrogen-bond donors (Lipinski definition) is 1. The van der Waals surface area contributed by atoms with Crippen LogP contribution in [0.1, 0.15) is 11.1 Å². The number of ether oxygens (including phenoxy) is 1. The lowest BCUT2D eigenvalue weighted by Gasteiger charge is -2.28. The minimum atomic E-state index is -4.55. The topological polar surface area (TPSA) is 24.5 Å². The molecule has 0 bridgehead atoms. The van der Waals surface area contributed by atoms with Crippen molar-refractivity contribution in [2.45, 2.75) is 18.8 Å². The van der Waals surface area contributed by atoms with Gasteiger partial charge in [-0.25, -0.2) is 4.39 Å². The van der Waals surface area contributed by atoms with Gasteiger partial charge in [0.25, 0.3) is 0 Å². The highest BCUT2D eigenvalue weighted by atomic mass is 19.4. The minimum Gasteiger partial charge on any atom is -0.374 e. The minimum absolute atomic E-state index is 0.0430. The maximum atomic E-state index is 13.0. The van der Waals surface area contributed by atoms with Crippen molar-refractivity contribution < 1.29 is 22.3 Å². The summed E-state index contributed by atoms with van der Waals surface area (Å²) in [6, 6.07) is 2.79. The Kier molecular flexibility index (Phi) is 5.18. The standard InChI is InChI=1S/C14H18F4N2O/c1-20(9-12-7-19-4-5-21-12)8-10-2-3-11(15)6-13(10)14(16,17)18/h2-3,6,12,19H,4-5,7-9H2,1H3. The molecule has 0 spiro atoms. The van der Waals surface area contributed by atoms with Crippen LogP contribution in [0.2, 0.25) is 0 Å². The van der Waals surface area contributed by atoms with Crippen LogP contribution in [0.25, 0.3) is 0 Å². The predicted molar refractivity (Wildman–Crippen MR) is 70.3 cm³/mol. The molecule has 1 aromatic rings. The maximum Gasteiger partial charge on any atom is 0.416 e. The number of nitrogens with zero attached hydrogens (tertiary/aromatic N) is 1. The first-order chi connectivity index (χ1) is 9.86. The molecule has 0 aliphatic carbocycles. The molecule has 0 radical (unpaired) electrons. The largest absolute Gasteiger partial charge is 0.416 e. The molecule has 1 saturated heterocycles. The third-order valence-corrected chi connectivity index (χ3v) is 3.34. The van der Waals surface area contributed by atoms with Crippen LogP contribution in [-0.2, 0) is 17.5 Å². The molecule has 1 aromatic carbocycles. The van der Waals surface area contributed by atoms with Crippen LogP contribution in [0, 0.1) is 5.82 Å². The molecule has 21 heavy (non-hydrogen) atoms. The van der Waals surface area contributed by atoms with Crippen molar-refractivity contribution in [3.8, 4) is 0 Å². The van der Waals surface area contributed by atoms with Gasteiger partial charge in [-0.1, -0.05) is 6.07 Å². The van der Waals surface area contributed by atoms with Crippen LogP contribution in [-0.4, -0.2) is 44.3 Å². The van der Waals surface area contributed by atoms with E-state index in [1.54, 1.807) is 11.9 Å². The normalized spacial score (nSPS) is 20.0. The molecule has 0 saturated carbocycles. The fourth-order valence-electron chi connectivity index (χ4n) is 2.39. The smallest absolute Gasteiger partial charge is 0.374 e. The number of morpholine rings is 1. The van der Waals surface area contributed by atoms with E-state index >= 15 is 0 Å².